The van der Waals surface area contributed by atoms with Crippen molar-refractivity contribution in [1.29, 1.82) is 0 Å². The highest BCUT2D eigenvalue weighted by atomic mass is 19.2. The molecule has 0 aliphatic heterocycles. The monoisotopic (exact) mass is 979 g/mol. The van der Waals surface area contributed by atoms with E-state index in [9.17, 15) is 55.5 Å². The van der Waals surface area contributed by atoms with Gasteiger partial charge < -0.3 is 46.0 Å². The number of Topliss-reactive ketones (excluding diaryl/α,β-unsaturated/α-hetero) is 2. The molecule has 0 saturated carbocycles. The van der Waals surface area contributed by atoms with Gasteiger partial charge in [0.15, 0.2) is 5.78 Å². The Hall–Kier alpha value is -7.38. The van der Waals surface area contributed by atoms with Gasteiger partial charge in [-0.2, -0.15) is 8.78 Å². The number of benzene rings is 4. The molecule has 0 unspecified atom stereocenters. The van der Waals surface area contributed by atoms with Crippen LogP contribution in [0.1, 0.15) is 88.3 Å². The van der Waals surface area contributed by atoms with Gasteiger partial charge in [0.25, 0.3) is 0 Å². The SMILES string of the molecule is CC(=O)C[C@@H](CCCCNC(=O)OCC1c2ccccc2-c2ccccc21)C(=O)N[C@H](C(=O)C[C@@H](CCCNC(N)=O)C(=O)Nc1ccc(COC(=O)Oc2c(F)c(F)c(F)c(F)c2F)cc1)C(C)C. The number of ether oxygens (including phenoxy) is 3. The van der Waals surface area contributed by atoms with Crippen molar-refractivity contribution >= 4 is 47.3 Å². The quantitative estimate of drug-likeness (QED) is 0.0112. The smallest absolute Gasteiger partial charge is 0.449 e. The predicted molar refractivity (Wildman–Crippen MR) is 245 cm³/mol. The number of unbranched alkanes of at least 4 members (excludes halogenated alkanes) is 1. The molecule has 0 bridgehead atoms. The second-order valence-corrected chi connectivity index (χ2v) is 17.1. The number of fused-ring (bicyclic) bond motifs is 3. The van der Waals surface area contributed by atoms with Crippen molar-refractivity contribution in [3.63, 3.8) is 0 Å². The zero-order valence-electron chi connectivity index (χ0n) is 38.6. The molecule has 4 aromatic carbocycles. The number of nitrogens with two attached hydrogens (primary N) is 1. The van der Waals surface area contributed by atoms with E-state index in [2.05, 4.69) is 26.0 Å². The van der Waals surface area contributed by atoms with Crippen LogP contribution in [0.2, 0.25) is 0 Å². The summed E-state index contributed by atoms with van der Waals surface area (Å²) in [5.41, 5.74) is 10.0. The summed E-state index contributed by atoms with van der Waals surface area (Å²) in [7, 11) is 0. The lowest BCUT2D eigenvalue weighted by atomic mass is 9.88. The molecule has 0 spiro atoms. The van der Waals surface area contributed by atoms with E-state index >= 15 is 0 Å². The summed E-state index contributed by atoms with van der Waals surface area (Å²) in [5, 5.41) is 10.7. The fourth-order valence-electron chi connectivity index (χ4n) is 8.03. The lowest BCUT2D eigenvalue weighted by Gasteiger charge is -2.26. The van der Waals surface area contributed by atoms with Crippen LogP contribution in [0.5, 0.6) is 5.75 Å². The molecular weight excluding hydrogens is 926 g/mol. The van der Waals surface area contributed by atoms with Crippen LogP contribution >= 0.6 is 0 Å². The number of amides is 5. The van der Waals surface area contributed by atoms with E-state index in [4.69, 9.17) is 15.2 Å². The van der Waals surface area contributed by atoms with E-state index in [1.165, 1.54) is 31.2 Å². The number of carbonyl (C=O) groups excluding carboxylic acids is 7. The first-order valence-corrected chi connectivity index (χ1v) is 22.6. The zero-order chi connectivity index (χ0) is 51.1. The third-order valence-electron chi connectivity index (χ3n) is 11.6. The average Bonchev–Trinajstić information content (AvgIpc) is 3.65. The first-order chi connectivity index (χ1) is 33.4. The van der Waals surface area contributed by atoms with E-state index in [0.29, 0.717) is 12.8 Å². The number of hydrogen-bond acceptors (Lipinski definition) is 10. The molecule has 374 valence electrons. The molecule has 5 rings (SSSR count). The van der Waals surface area contributed by atoms with Gasteiger partial charge in [-0.1, -0.05) is 80.9 Å². The van der Waals surface area contributed by atoms with Gasteiger partial charge in [-0.15, -0.1) is 0 Å². The van der Waals surface area contributed by atoms with Gasteiger partial charge in [-0.25, -0.2) is 27.6 Å². The molecular formula is C50H54F5N5O10. The Balaban J connectivity index is 1.12. The maximum absolute atomic E-state index is 13.9. The first-order valence-electron chi connectivity index (χ1n) is 22.6. The lowest BCUT2D eigenvalue weighted by Crippen LogP contribution is -2.48. The highest BCUT2D eigenvalue weighted by molar-refractivity contribution is 5.98. The van der Waals surface area contributed by atoms with E-state index in [-0.39, 0.29) is 74.8 Å². The van der Waals surface area contributed by atoms with Gasteiger partial charge in [0.2, 0.25) is 46.6 Å². The van der Waals surface area contributed by atoms with Gasteiger partial charge in [0.05, 0.1) is 6.04 Å². The number of ketones is 2. The van der Waals surface area contributed by atoms with Crippen LogP contribution in [-0.4, -0.2) is 67.4 Å². The normalized spacial score (nSPS) is 13.0. The molecule has 6 N–H and O–H groups in total. The summed E-state index contributed by atoms with van der Waals surface area (Å²) in [5.74, 6) is -17.8. The zero-order valence-corrected chi connectivity index (χ0v) is 38.6. The third-order valence-corrected chi connectivity index (χ3v) is 11.6. The van der Waals surface area contributed by atoms with Gasteiger partial charge in [-0.05, 0) is 78.5 Å². The van der Waals surface area contributed by atoms with Gasteiger partial charge >= 0.3 is 18.3 Å². The van der Waals surface area contributed by atoms with Crippen LogP contribution in [0.15, 0.2) is 72.8 Å². The van der Waals surface area contributed by atoms with Crippen LogP contribution in [0.25, 0.3) is 11.1 Å². The first kappa shape index (κ1) is 53.6. The summed E-state index contributed by atoms with van der Waals surface area (Å²) in [6.07, 6.45) is -1.22. The third kappa shape index (κ3) is 14.6. The Labute approximate surface area is 400 Å². The van der Waals surface area contributed by atoms with Crippen LogP contribution in [0.3, 0.4) is 0 Å². The molecule has 1 aliphatic rings. The number of alkyl carbamates (subject to hydrolysis) is 1. The molecule has 20 heteroatoms. The number of halogens is 5. The second-order valence-electron chi connectivity index (χ2n) is 17.1. The molecule has 5 amide bonds. The van der Waals surface area contributed by atoms with Crippen LogP contribution < -0.4 is 31.7 Å². The Bertz CT molecular complexity index is 2490. The summed E-state index contributed by atoms with van der Waals surface area (Å²) in [4.78, 5) is 89.6. The molecule has 3 atom stereocenters. The largest absolute Gasteiger partial charge is 0.514 e. The fourth-order valence-corrected chi connectivity index (χ4v) is 8.03. The number of rotatable bonds is 24. The molecule has 0 saturated heterocycles. The van der Waals surface area contributed by atoms with Crippen molar-refractivity contribution < 1.29 is 69.7 Å². The molecule has 70 heavy (non-hydrogen) atoms. The lowest BCUT2D eigenvalue weighted by molar-refractivity contribution is -0.134. The number of anilines is 1. The number of urea groups is 1. The van der Waals surface area contributed by atoms with Crippen molar-refractivity contribution in [2.45, 2.75) is 84.3 Å². The van der Waals surface area contributed by atoms with E-state index in [0.717, 1.165) is 22.3 Å². The molecule has 0 radical (unpaired) electrons. The van der Waals surface area contributed by atoms with E-state index < -0.39 is 101 Å². The van der Waals surface area contributed by atoms with Crippen LogP contribution in [-0.2, 0) is 35.3 Å². The molecule has 0 heterocycles. The van der Waals surface area contributed by atoms with Gasteiger partial charge in [0, 0.05) is 49.4 Å². The number of nitrogens with one attached hydrogen (secondary N) is 4. The fraction of sp³-hybridized carbons (Fsp3) is 0.380. The van der Waals surface area contributed by atoms with E-state index in [1.807, 2.05) is 48.5 Å². The summed E-state index contributed by atoms with van der Waals surface area (Å²) < 4.78 is 82.7. The van der Waals surface area contributed by atoms with Crippen molar-refractivity contribution in [3.8, 4) is 16.9 Å². The Morgan fingerprint density at radius 2 is 1.21 bits per heavy atom. The standard InChI is InChI=1S/C50H54F5N5O10/c1-27(2)44(60-47(64)30(23-28(3)61)11-8-9-21-58-49(66)68-26-37-35-15-6-4-13-33(35)34-14-5-7-16-36(34)37)38(62)24-31(12-10-22-57-48(56)65)46(63)59-32-19-17-29(18-20-32)25-69-50(67)70-45-42(54)40(52)39(51)41(53)43(45)55/h4-7,13-20,27,30-31,37,44H,8-12,21-26H2,1-3H3,(H,58,66)(H,59,63)(H,60,64)(H3,56,57,65)/t30-,31-,44+/m1/s1. The number of primary amides is 1. The topological polar surface area (TPSA) is 221 Å². The molecule has 4 aromatic rings. The minimum absolute atomic E-state index is 0.0873. The van der Waals surface area contributed by atoms with Crippen LogP contribution in [0.4, 0.5) is 42.0 Å². The molecule has 0 fully saturated rings. The van der Waals surface area contributed by atoms with Gasteiger partial charge in [-0.3, -0.25) is 14.4 Å². The average molecular weight is 980 g/mol. The second kappa shape index (κ2) is 25.3. The van der Waals surface area contributed by atoms with Gasteiger partial charge in [0.1, 0.15) is 19.0 Å². The Morgan fingerprint density at radius 1 is 0.657 bits per heavy atom. The summed E-state index contributed by atoms with van der Waals surface area (Å²) in [6.45, 7) is 4.71. The maximum atomic E-state index is 13.9. The number of carbonyl (C=O) groups is 7. The predicted octanol–water partition coefficient (Wildman–Crippen LogP) is 8.51. The molecule has 1 aliphatic carbocycles. The highest BCUT2D eigenvalue weighted by Gasteiger charge is 2.33. The van der Waals surface area contributed by atoms with Crippen molar-refractivity contribution in [2.75, 3.05) is 25.0 Å². The molecule has 15 nitrogen and oxygen atoms in total. The van der Waals surface area contributed by atoms with E-state index in [1.54, 1.807) is 13.8 Å². The van der Waals surface area contributed by atoms with Crippen molar-refractivity contribution in [3.05, 3.63) is 119 Å². The number of hydrogen-bond donors (Lipinski definition) is 5. The minimum Gasteiger partial charge on any atom is -0.449 e. The highest BCUT2D eigenvalue weighted by Crippen LogP contribution is 2.44. The van der Waals surface area contributed by atoms with Crippen molar-refractivity contribution in [1.82, 2.24) is 16.0 Å². The Morgan fingerprint density at radius 3 is 1.80 bits per heavy atom. The Kier molecular flexibility index (Phi) is 19.4. The van der Waals surface area contributed by atoms with Crippen molar-refractivity contribution in [2.24, 2.45) is 23.5 Å². The summed E-state index contributed by atoms with van der Waals surface area (Å²) in [6, 6.07) is 19.7. The molecule has 0 aromatic heterocycles. The maximum Gasteiger partial charge on any atom is 0.514 e. The van der Waals surface area contributed by atoms with Crippen LogP contribution in [0, 0.1) is 46.8 Å². The minimum atomic E-state index is -2.44. The summed E-state index contributed by atoms with van der Waals surface area (Å²) >= 11 is 0.